The molecule has 1 aliphatic heterocycles. The van der Waals surface area contributed by atoms with Crippen molar-refractivity contribution in [2.75, 3.05) is 51.8 Å². The molecule has 8 heteroatoms. The van der Waals surface area contributed by atoms with Gasteiger partial charge in [-0.05, 0) is 29.8 Å². The van der Waals surface area contributed by atoms with Gasteiger partial charge in [-0.3, -0.25) is 15.0 Å². The minimum atomic E-state index is -0.395. The number of hydrogen-bond acceptors (Lipinski definition) is 7. The molecule has 0 atom stereocenters. The summed E-state index contributed by atoms with van der Waals surface area (Å²) in [7, 11) is 1.71. The van der Waals surface area contributed by atoms with E-state index in [0.29, 0.717) is 0 Å². The summed E-state index contributed by atoms with van der Waals surface area (Å²) in [5.41, 5.74) is 3.37. The summed E-state index contributed by atoms with van der Waals surface area (Å²) in [6, 6.07) is 12.8. The van der Waals surface area contributed by atoms with Crippen LogP contribution >= 0.6 is 0 Å². The van der Waals surface area contributed by atoms with Crippen molar-refractivity contribution < 1.29 is 14.4 Å². The lowest BCUT2D eigenvalue weighted by Crippen LogP contribution is -2.35. The van der Waals surface area contributed by atoms with E-state index in [0.717, 1.165) is 63.9 Å². The van der Waals surface area contributed by atoms with Crippen molar-refractivity contribution in [1.29, 1.82) is 0 Å². The highest BCUT2D eigenvalue weighted by Gasteiger charge is 2.13. The van der Waals surface area contributed by atoms with Crippen LogP contribution in [0.1, 0.15) is 11.1 Å². The van der Waals surface area contributed by atoms with Gasteiger partial charge in [0.15, 0.2) is 0 Å². The van der Waals surface area contributed by atoms with Crippen LogP contribution in [-0.4, -0.2) is 56.3 Å². The van der Waals surface area contributed by atoms with Crippen molar-refractivity contribution in [2.45, 2.75) is 13.1 Å². The average Bonchev–Trinajstić information content (AvgIpc) is 2.75. The van der Waals surface area contributed by atoms with Crippen molar-refractivity contribution in [1.82, 2.24) is 10.2 Å². The molecule has 29 heavy (non-hydrogen) atoms. The summed E-state index contributed by atoms with van der Waals surface area (Å²) in [4.78, 5) is 12.7. The molecule has 2 aromatic rings. The predicted molar refractivity (Wildman–Crippen MR) is 112 cm³/mol. The molecule has 156 valence electrons. The van der Waals surface area contributed by atoms with Gasteiger partial charge in [0.05, 0.1) is 25.2 Å². The molecular formula is C21H28N4O4. The Bertz CT molecular complexity index is 792. The smallest absolute Gasteiger partial charge is 0.269 e. The Balaban J connectivity index is 1.45. The van der Waals surface area contributed by atoms with E-state index in [2.05, 4.69) is 27.7 Å². The second-order valence-corrected chi connectivity index (χ2v) is 6.94. The van der Waals surface area contributed by atoms with Gasteiger partial charge in [0.25, 0.3) is 5.69 Å². The average molecular weight is 400 g/mol. The van der Waals surface area contributed by atoms with Gasteiger partial charge in [0.2, 0.25) is 0 Å². The summed E-state index contributed by atoms with van der Waals surface area (Å²) >= 11 is 0. The second-order valence-electron chi connectivity index (χ2n) is 6.94. The van der Waals surface area contributed by atoms with E-state index in [1.165, 1.54) is 23.3 Å². The van der Waals surface area contributed by atoms with Gasteiger partial charge in [-0.2, -0.15) is 0 Å². The van der Waals surface area contributed by atoms with Crippen LogP contribution in [0.15, 0.2) is 42.5 Å². The number of anilines is 1. The van der Waals surface area contributed by atoms with Crippen LogP contribution in [-0.2, 0) is 17.8 Å². The fraction of sp³-hybridized carbons (Fsp3) is 0.429. The van der Waals surface area contributed by atoms with Gasteiger partial charge in [-0.1, -0.05) is 6.07 Å². The molecule has 0 unspecified atom stereocenters. The molecule has 0 radical (unpaired) electrons. The van der Waals surface area contributed by atoms with Crippen LogP contribution in [0.25, 0.3) is 0 Å². The molecule has 8 nitrogen and oxygen atoms in total. The first-order chi connectivity index (χ1) is 14.2. The van der Waals surface area contributed by atoms with Gasteiger partial charge in [0.1, 0.15) is 5.75 Å². The third-order valence-electron chi connectivity index (χ3n) is 4.88. The molecule has 1 saturated heterocycles. The minimum Gasteiger partial charge on any atom is -0.496 e. The molecule has 0 aliphatic carbocycles. The third-order valence-corrected chi connectivity index (χ3v) is 4.88. The molecule has 2 aromatic carbocycles. The maximum Gasteiger partial charge on any atom is 0.269 e. The standard InChI is InChI=1S/C21H28N4O4/c1-28-21-7-2-17(14-18(21)16-24-10-12-29-13-11-24)15-22-8-9-23-19-3-5-20(6-4-19)25(26)27/h2-7,14,22-23H,8-13,15-16H2,1H3. The number of nitrogens with one attached hydrogen (secondary N) is 2. The Morgan fingerprint density at radius 2 is 1.90 bits per heavy atom. The monoisotopic (exact) mass is 400 g/mol. The SMILES string of the molecule is COc1ccc(CNCCNc2ccc([N+](=O)[O-])cc2)cc1CN1CCOCC1. The fourth-order valence-corrected chi connectivity index (χ4v) is 3.29. The van der Waals surface area contributed by atoms with E-state index in [-0.39, 0.29) is 5.69 Å². The molecule has 0 amide bonds. The summed E-state index contributed by atoms with van der Waals surface area (Å²) < 4.78 is 10.9. The van der Waals surface area contributed by atoms with Crippen molar-refractivity contribution >= 4 is 11.4 Å². The summed E-state index contributed by atoms with van der Waals surface area (Å²) in [6.07, 6.45) is 0. The zero-order chi connectivity index (χ0) is 20.5. The quantitative estimate of drug-likeness (QED) is 0.360. The topological polar surface area (TPSA) is 88.9 Å². The first-order valence-electron chi connectivity index (χ1n) is 9.80. The van der Waals surface area contributed by atoms with Crippen LogP contribution in [0.4, 0.5) is 11.4 Å². The van der Waals surface area contributed by atoms with Crippen molar-refractivity contribution in [3.05, 3.63) is 63.7 Å². The van der Waals surface area contributed by atoms with Crippen LogP contribution in [0.3, 0.4) is 0 Å². The number of hydrogen-bond donors (Lipinski definition) is 2. The molecule has 0 spiro atoms. The highest BCUT2D eigenvalue weighted by atomic mass is 16.6. The molecule has 3 rings (SSSR count). The maximum absolute atomic E-state index is 10.7. The highest BCUT2D eigenvalue weighted by molar-refractivity contribution is 5.48. The summed E-state index contributed by atoms with van der Waals surface area (Å²) in [5.74, 6) is 0.917. The first kappa shape index (κ1) is 21.0. The third kappa shape index (κ3) is 6.42. The van der Waals surface area contributed by atoms with Crippen LogP contribution < -0.4 is 15.4 Å². The normalized spacial score (nSPS) is 14.5. The van der Waals surface area contributed by atoms with E-state index < -0.39 is 4.92 Å². The zero-order valence-electron chi connectivity index (χ0n) is 16.7. The first-order valence-corrected chi connectivity index (χ1v) is 9.80. The lowest BCUT2D eigenvalue weighted by molar-refractivity contribution is -0.384. The Hall–Kier alpha value is -2.68. The minimum absolute atomic E-state index is 0.0982. The summed E-state index contributed by atoms with van der Waals surface area (Å²) in [6.45, 7) is 6.59. The molecule has 1 heterocycles. The Morgan fingerprint density at radius 3 is 2.59 bits per heavy atom. The number of nitro benzene ring substituents is 1. The number of morpholine rings is 1. The van der Waals surface area contributed by atoms with E-state index in [9.17, 15) is 10.1 Å². The Labute approximate surface area is 171 Å². The fourth-order valence-electron chi connectivity index (χ4n) is 3.29. The number of rotatable bonds is 10. The van der Waals surface area contributed by atoms with E-state index in [1.807, 2.05) is 6.07 Å². The number of benzene rings is 2. The van der Waals surface area contributed by atoms with Gasteiger partial charge in [0, 0.05) is 62.7 Å². The second kappa shape index (κ2) is 10.8. The number of ether oxygens (including phenoxy) is 2. The molecular weight excluding hydrogens is 372 g/mol. The maximum atomic E-state index is 10.7. The molecule has 0 saturated carbocycles. The number of nitro groups is 1. The Kier molecular flexibility index (Phi) is 7.80. The number of non-ortho nitro benzene ring substituents is 1. The van der Waals surface area contributed by atoms with Crippen LogP contribution in [0, 0.1) is 10.1 Å². The van der Waals surface area contributed by atoms with Crippen LogP contribution in [0.2, 0.25) is 0 Å². The van der Waals surface area contributed by atoms with Crippen molar-refractivity contribution in [2.24, 2.45) is 0 Å². The molecule has 0 aromatic heterocycles. The largest absolute Gasteiger partial charge is 0.496 e. The molecule has 1 aliphatic rings. The van der Waals surface area contributed by atoms with Crippen molar-refractivity contribution in [3.63, 3.8) is 0 Å². The predicted octanol–water partition coefficient (Wildman–Crippen LogP) is 2.64. The number of nitrogens with zero attached hydrogens (tertiary/aromatic N) is 2. The van der Waals surface area contributed by atoms with E-state index in [1.54, 1.807) is 19.2 Å². The lowest BCUT2D eigenvalue weighted by Gasteiger charge is -2.27. The van der Waals surface area contributed by atoms with Crippen molar-refractivity contribution in [3.8, 4) is 5.75 Å². The highest BCUT2D eigenvalue weighted by Crippen LogP contribution is 2.22. The van der Waals surface area contributed by atoms with Gasteiger partial charge in [-0.25, -0.2) is 0 Å². The molecule has 1 fully saturated rings. The van der Waals surface area contributed by atoms with Crippen LogP contribution in [0.5, 0.6) is 5.75 Å². The molecule has 2 N–H and O–H groups in total. The number of methoxy groups -OCH3 is 1. The lowest BCUT2D eigenvalue weighted by atomic mass is 10.1. The molecule has 0 bridgehead atoms. The summed E-state index contributed by atoms with van der Waals surface area (Å²) in [5, 5.41) is 17.4. The van der Waals surface area contributed by atoms with E-state index in [4.69, 9.17) is 9.47 Å². The van der Waals surface area contributed by atoms with Gasteiger partial charge >= 0.3 is 0 Å². The Morgan fingerprint density at radius 1 is 1.14 bits per heavy atom. The zero-order valence-corrected chi connectivity index (χ0v) is 16.7. The van der Waals surface area contributed by atoms with E-state index >= 15 is 0 Å². The van der Waals surface area contributed by atoms with Gasteiger partial charge < -0.3 is 20.1 Å². The van der Waals surface area contributed by atoms with Gasteiger partial charge in [-0.15, -0.1) is 0 Å².